The quantitative estimate of drug-likeness (QED) is 0.819. The number of rotatable bonds is 6. The van der Waals surface area contributed by atoms with E-state index in [1.165, 1.54) is 11.3 Å². The van der Waals surface area contributed by atoms with Gasteiger partial charge in [-0.25, -0.2) is 9.78 Å². The fraction of sp³-hybridized carbons (Fsp3) is 0.636. The van der Waals surface area contributed by atoms with Crippen LogP contribution in [0.4, 0.5) is 5.13 Å². The van der Waals surface area contributed by atoms with Crippen LogP contribution in [0, 0.1) is 6.92 Å². The van der Waals surface area contributed by atoms with Crippen molar-refractivity contribution in [2.75, 3.05) is 18.5 Å². The molecule has 1 heterocycles. The molecule has 0 bridgehead atoms. The number of nitrogens with zero attached hydrogens (tertiary/aromatic N) is 1. The molecule has 0 radical (unpaired) electrons. The molecule has 0 aliphatic carbocycles. The van der Waals surface area contributed by atoms with Crippen LogP contribution in [0.5, 0.6) is 0 Å². The molecule has 0 aliphatic rings. The summed E-state index contributed by atoms with van der Waals surface area (Å²) in [6.45, 7) is 8.88. The monoisotopic (exact) mass is 258 g/mol. The van der Waals surface area contributed by atoms with E-state index in [-0.39, 0.29) is 11.3 Å². The number of anilines is 1. The van der Waals surface area contributed by atoms with Crippen molar-refractivity contribution in [1.82, 2.24) is 4.98 Å². The van der Waals surface area contributed by atoms with Crippen molar-refractivity contribution in [3.8, 4) is 0 Å². The number of hydrogen-bond donors (Lipinski definition) is 2. The van der Waals surface area contributed by atoms with Crippen LogP contribution in [-0.4, -0.2) is 34.8 Å². The van der Waals surface area contributed by atoms with E-state index in [0.29, 0.717) is 23.2 Å². The van der Waals surface area contributed by atoms with Crippen LogP contribution >= 0.6 is 11.3 Å². The summed E-state index contributed by atoms with van der Waals surface area (Å²) < 4.78 is 5.53. The number of aromatic nitrogens is 1. The average Bonchev–Trinajstić information content (AvgIpc) is 2.57. The van der Waals surface area contributed by atoms with Gasteiger partial charge in [0.05, 0.1) is 5.60 Å². The summed E-state index contributed by atoms with van der Waals surface area (Å²) in [4.78, 5) is 15.6. The fourth-order valence-corrected chi connectivity index (χ4v) is 2.20. The Hall–Kier alpha value is -1.14. The Bertz CT molecular complexity index is 401. The van der Waals surface area contributed by atoms with E-state index in [4.69, 9.17) is 9.84 Å². The third-order valence-electron chi connectivity index (χ3n) is 2.20. The summed E-state index contributed by atoms with van der Waals surface area (Å²) in [6, 6.07) is 0. The number of nitrogens with one attached hydrogen (secondary N) is 1. The van der Waals surface area contributed by atoms with Crippen molar-refractivity contribution >= 4 is 22.4 Å². The first-order chi connectivity index (χ1) is 7.85. The molecule has 0 atom stereocenters. The second-order valence-electron chi connectivity index (χ2n) is 4.28. The lowest BCUT2D eigenvalue weighted by Gasteiger charge is -2.24. The standard InChI is InChI=1S/C11H18N2O3S/c1-5-16-11(3,4)6-12-10-13-8(9(14)15)7(2)17-10/h5-6H2,1-4H3,(H,12,13)(H,14,15). The lowest BCUT2D eigenvalue weighted by molar-refractivity contribution is 0.000695. The maximum absolute atomic E-state index is 10.8. The number of carboxylic acids is 1. The van der Waals surface area contributed by atoms with Crippen LogP contribution in [0.1, 0.15) is 36.1 Å². The number of ether oxygens (including phenoxy) is 1. The number of carbonyl (C=O) groups is 1. The lowest BCUT2D eigenvalue weighted by atomic mass is 10.1. The normalized spacial score (nSPS) is 11.5. The van der Waals surface area contributed by atoms with Crippen LogP contribution in [0.3, 0.4) is 0 Å². The third kappa shape index (κ3) is 3.98. The van der Waals surface area contributed by atoms with Crippen LogP contribution in [0.2, 0.25) is 0 Å². The first-order valence-electron chi connectivity index (χ1n) is 5.44. The van der Waals surface area contributed by atoms with Gasteiger partial charge >= 0.3 is 5.97 Å². The predicted molar refractivity (Wildman–Crippen MR) is 68.0 cm³/mol. The van der Waals surface area contributed by atoms with E-state index in [0.717, 1.165) is 0 Å². The summed E-state index contributed by atoms with van der Waals surface area (Å²) in [5, 5.41) is 12.6. The minimum atomic E-state index is -0.990. The molecule has 1 rings (SSSR count). The molecule has 2 N–H and O–H groups in total. The molecule has 6 heteroatoms. The van der Waals surface area contributed by atoms with Gasteiger partial charge in [0.25, 0.3) is 0 Å². The van der Waals surface area contributed by atoms with Crippen molar-refractivity contribution in [3.63, 3.8) is 0 Å². The lowest BCUT2D eigenvalue weighted by Crippen LogP contribution is -2.33. The highest BCUT2D eigenvalue weighted by atomic mass is 32.1. The van der Waals surface area contributed by atoms with Crippen LogP contribution < -0.4 is 5.32 Å². The Kier molecular flexibility index (Phi) is 4.47. The number of thiazole rings is 1. The predicted octanol–water partition coefficient (Wildman–Crippen LogP) is 2.38. The molecule has 96 valence electrons. The van der Waals surface area contributed by atoms with Crippen molar-refractivity contribution in [1.29, 1.82) is 0 Å². The van der Waals surface area contributed by atoms with Crippen LogP contribution in [-0.2, 0) is 4.74 Å². The van der Waals surface area contributed by atoms with Crippen LogP contribution in [0.15, 0.2) is 0 Å². The molecule has 0 spiro atoms. The first-order valence-corrected chi connectivity index (χ1v) is 6.26. The number of aromatic carboxylic acids is 1. The zero-order valence-corrected chi connectivity index (χ0v) is 11.3. The fourth-order valence-electron chi connectivity index (χ4n) is 1.40. The second kappa shape index (κ2) is 5.46. The minimum absolute atomic E-state index is 0.117. The zero-order chi connectivity index (χ0) is 13.1. The maximum Gasteiger partial charge on any atom is 0.355 e. The summed E-state index contributed by atoms with van der Waals surface area (Å²) in [5.41, 5.74) is -0.177. The number of hydrogen-bond acceptors (Lipinski definition) is 5. The maximum atomic E-state index is 10.8. The van der Waals surface area contributed by atoms with E-state index >= 15 is 0 Å². The Morgan fingerprint density at radius 2 is 2.24 bits per heavy atom. The van der Waals surface area contributed by atoms with Gasteiger partial charge in [-0.15, -0.1) is 11.3 Å². The van der Waals surface area contributed by atoms with E-state index in [9.17, 15) is 4.79 Å². The highest BCUT2D eigenvalue weighted by Gasteiger charge is 2.19. The Labute approximate surface area is 105 Å². The molecule has 0 aromatic carbocycles. The van der Waals surface area contributed by atoms with Gasteiger partial charge in [-0.2, -0.15) is 0 Å². The summed E-state index contributed by atoms with van der Waals surface area (Å²) in [5.74, 6) is -0.990. The second-order valence-corrected chi connectivity index (χ2v) is 5.48. The number of aryl methyl sites for hydroxylation is 1. The molecule has 0 saturated heterocycles. The molecule has 0 fully saturated rings. The first kappa shape index (κ1) is 13.9. The summed E-state index contributed by atoms with van der Waals surface area (Å²) in [7, 11) is 0. The molecule has 1 aromatic rings. The third-order valence-corrected chi connectivity index (χ3v) is 3.13. The Balaban J connectivity index is 2.64. The van der Waals surface area contributed by atoms with Crippen LogP contribution in [0.25, 0.3) is 0 Å². The molecule has 5 nitrogen and oxygen atoms in total. The van der Waals surface area contributed by atoms with E-state index < -0.39 is 5.97 Å². The Morgan fingerprint density at radius 3 is 2.71 bits per heavy atom. The van der Waals surface area contributed by atoms with Crippen molar-refractivity contribution in [3.05, 3.63) is 10.6 Å². The molecule has 0 aliphatic heterocycles. The highest BCUT2D eigenvalue weighted by molar-refractivity contribution is 7.15. The van der Waals surface area contributed by atoms with E-state index in [1.54, 1.807) is 6.92 Å². The SMILES string of the molecule is CCOC(C)(C)CNc1nc(C(=O)O)c(C)s1. The van der Waals surface area contributed by atoms with Gasteiger partial charge in [-0.05, 0) is 27.7 Å². The smallest absolute Gasteiger partial charge is 0.355 e. The largest absolute Gasteiger partial charge is 0.476 e. The molecular weight excluding hydrogens is 240 g/mol. The van der Waals surface area contributed by atoms with Gasteiger partial charge in [0.1, 0.15) is 0 Å². The number of carboxylic acid groups (broad SMARTS) is 1. The zero-order valence-electron chi connectivity index (χ0n) is 10.5. The van der Waals surface area contributed by atoms with Gasteiger partial charge in [-0.1, -0.05) is 0 Å². The van der Waals surface area contributed by atoms with Gasteiger partial charge < -0.3 is 15.2 Å². The van der Waals surface area contributed by atoms with E-state index in [2.05, 4.69) is 10.3 Å². The Morgan fingerprint density at radius 1 is 1.59 bits per heavy atom. The molecule has 17 heavy (non-hydrogen) atoms. The van der Waals surface area contributed by atoms with Crippen molar-refractivity contribution < 1.29 is 14.6 Å². The summed E-state index contributed by atoms with van der Waals surface area (Å²) in [6.07, 6.45) is 0. The average molecular weight is 258 g/mol. The van der Waals surface area contributed by atoms with Crippen molar-refractivity contribution in [2.45, 2.75) is 33.3 Å². The summed E-state index contributed by atoms with van der Waals surface area (Å²) >= 11 is 1.34. The molecule has 0 amide bonds. The van der Waals surface area contributed by atoms with Gasteiger partial charge in [0.2, 0.25) is 0 Å². The molecular formula is C11H18N2O3S. The van der Waals surface area contributed by atoms with Gasteiger partial charge in [0, 0.05) is 18.0 Å². The van der Waals surface area contributed by atoms with E-state index in [1.807, 2.05) is 20.8 Å². The highest BCUT2D eigenvalue weighted by Crippen LogP contribution is 2.23. The van der Waals surface area contributed by atoms with Gasteiger partial charge in [-0.3, -0.25) is 0 Å². The minimum Gasteiger partial charge on any atom is -0.476 e. The molecule has 0 saturated carbocycles. The molecule has 0 unspecified atom stereocenters. The van der Waals surface area contributed by atoms with Crippen molar-refractivity contribution in [2.24, 2.45) is 0 Å². The van der Waals surface area contributed by atoms with Gasteiger partial charge in [0.15, 0.2) is 10.8 Å². The topological polar surface area (TPSA) is 71.5 Å². The molecule has 1 aromatic heterocycles.